The minimum absolute atomic E-state index is 0.00752. The molecule has 8 nitrogen and oxygen atoms in total. The first-order valence-corrected chi connectivity index (χ1v) is 10.6. The van der Waals surface area contributed by atoms with Crippen molar-refractivity contribution in [1.82, 2.24) is 24.8 Å². The predicted octanol–water partition coefficient (Wildman–Crippen LogP) is 1.14. The molecule has 2 atom stereocenters. The van der Waals surface area contributed by atoms with Crippen LogP contribution in [0.3, 0.4) is 0 Å². The van der Waals surface area contributed by atoms with Crippen molar-refractivity contribution in [3.05, 3.63) is 30.2 Å². The van der Waals surface area contributed by atoms with Gasteiger partial charge < -0.3 is 5.32 Å². The molecule has 1 saturated carbocycles. The summed E-state index contributed by atoms with van der Waals surface area (Å²) in [4.78, 5) is 15.9. The molecule has 2 N–H and O–H groups in total. The van der Waals surface area contributed by atoms with Gasteiger partial charge in [-0.15, -0.1) is 11.3 Å². The molecule has 2 aromatic heterocycles. The molecule has 0 saturated heterocycles. The summed E-state index contributed by atoms with van der Waals surface area (Å²) in [6, 6.07) is 3.20. The normalized spacial score (nSPS) is 20.6. The molecule has 0 spiro atoms. The Morgan fingerprint density at radius 3 is 2.92 bits per heavy atom. The summed E-state index contributed by atoms with van der Waals surface area (Å²) in [5.74, 6) is -0.00752. The van der Waals surface area contributed by atoms with Gasteiger partial charge in [0.15, 0.2) is 0 Å². The van der Waals surface area contributed by atoms with Gasteiger partial charge in [0, 0.05) is 25.0 Å². The van der Waals surface area contributed by atoms with Gasteiger partial charge in [-0.25, -0.2) is 18.1 Å². The van der Waals surface area contributed by atoms with Crippen LogP contribution >= 0.6 is 11.3 Å². The van der Waals surface area contributed by atoms with Crippen molar-refractivity contribution < 1.29 is 13.2 Å². The van der Waals surface area contributed by atoms with E-state index in [0.717, 1.165) is 12.8 Å². The quantitative estimate of drug-likeness (QED) is 0.711. The molecule has 1 aliphatic rings. The van der Waals surface area contributed by atoms with Gasteiger partial charge in [0.25, 0.3) is 0 Å². The number of nitrogens with one attached hydrogen (secondary N) is 2. The van der Waals surface area contributed by atoms with E-state index >= 15 is 0 Å². The van der Waals surface area contributed by atoms with Crippen LogP contribution in [-0.4, -0.2) is 41.2 Å². The molecule has 0 radical (unpaired) electrons. The number of nitrogens with zero attached hydrogens (tertiary/aromatic N) is 3. The first-order chi connectivity index (χ1) is 12.0. The number of sulfonamides is 1. The number of aryl methyl sites for hydroxylation is 1. The Kier molecular flexibility index (Phi) is 5.82. The van der Waals surface area contributed by atoms with Crippen molar-refractivity contribution in [3.63, 3.8) is 0 Å². The predicted molar refractivity (Wildman–Crippen MR) is 93.5 cm³/mol. The molecule has 136 valence electrons. The zero-order valence-electron chi connectivity index (χ0n) is 13.7. The summed E-state index contributed by atoms with van der Waals surface area (Å²) in [5, 5.41) is 8.73. The SMILES string of the molecule is O=C(CCCn1cncn1)N[C@@H]1CC[C@H](NS(=O)(=O)c2cccs2)C1. The Hall–Kier alpha value is -1.78. The highest BCUT2D eigenvalue weighted by Gasteiger charge is 2.29. The smallest absolute Gasteiger partial charge is 0.250 e. The maximum absolute atomic E-state index is 12.2. The molecule has 1 amide bonds. The van der Waals surface area contributed by atoms with Gasteiger partial charge in [-0.05, 0) is 37.1 Å². The van der Waals surface area contributed by atoms with Crippen molar-refractivity contribution in [2.24, 2.45) is 0 Å². The monoisotopic (exact) mass is 383 g/mol. The lowest BCUT2D eigenvalue weighted by Crippen LogP contribution is -2.37. The van der Waals surface area contributed by atoms with E-state index in [1.165, 1.54) is 17.7 Å². The van der Waals surface area contributed by atoms with Crippen molar-refractivity contribution in [2.75, 3.05) is 0 Å². The third kappa shape index (κ3) is 5.10. The van der Waals surface area contributed by atoms with Crippen LogP contribution < -0.4 is 10.0 Å². The molecule has 25 heavy (non-hydrogen) atoms. The van der Waals surface area contributed by atoms with Crippen molar-refractivity contribution in [1.29, 1.82) is 0 Å². The second-order valence-corrected chi connectivity index (χ2v) is 8.98. The highest BCUT2D eigenvalue weighted by molar-refractivity contribution is 7.91. The number of carbonyl (C=O) groups is 1. The fraction of sp³-hybridized carbons (Fsp3) is 0.533. The van der Waals surface area contributed by atoms with Crippen molar-refractivity contribution in [3.8, 4) is 0 Å². The summed E-state index contributed by atoms with van der Waals surface area (Å²) in [5.41, 5.74) is 0. The van der Waals surface area contributed by atoms with E-state index in [9.17, 15) is 13.2 Å². The Morgan fingerprint density at radius 2 is 2.20 bits per heavy atom. The van der Waals surface area contributed by atoms with E-state index in [1.54, 1.807) is 28.5 Å². The molecular formula is C15H21N5O3S2. The molecule has 0 aromatic carbocycles. The van der Waals surface area contributed by atoms with Gasteiger partial charge >= 0.3 is 0 Å². The maximum Gasteiger partial charge on any atom is 0.250 e. The van der Waals surface area contributed by atoms with Crippen LogP contribution in [0.4, 0.5) is 0 Å². The van der Waals surface area contributed by atoms with Gasteiger partial charge in [-0.2, -0.15) is 5.10 Å². The Balaban J connectivity index is 1.39. The van der Waals surface area contributed by atoms with Gasteiger partial charge in [0.2, 0.25) is 15.9 Å². The van der Waals surface area contributed by atoms with Gasteiger partial charge in [-0.1, -0.05) is 6.07 Å². The molecule has 2 heterocycles. The Bertz CT molecular complexity index is 774. The molecule has 1 aliphatic carbocycles. The number of hydrogen-bond donors (Lipinski definition) is 2. The van der Waals surface area contributed by atoms with Crippen molar-refractivity contribution >= 4 is 27.3 Å². The molecule has 3 rings (SSSR count). The van der Waals surface area contributed by atoms with Crippen LogP contribution in [0.2, 0.25) is 0 Å². The van der Waals surface area contributed by atoms with E-state index < -0.39 is 10.0 Å². The standard InChI is InChI=1S/C15H21N5O3S2/c21-14(3-1-7-20-11-16-10-17-20)18-12-5-6-13(9-12)19-25(22,23)15-4-2-8-24-15/h2,4,8,10-13,19H,1,3,5-7,9H2,(H,18,21)/t12-,13+/m1/s1. The summed E-state index contributed by atoms with van der Waals surface area (Å²) < 4.78 is 29.2. The van der Waals surface area contributed by atoms with E-state index in [1.807, 2.05) is 0 Å². The lowest BCUT2D eigenvalue weighted by molar-refractivity contribution is -0.121. The maximum atomic E-state index is 12.2. The number of amides is 1. The Morgan fingerprint density at radius 1 is 1.36 bits per heavy atom. The van der Waals surface area contributed by atoms with Gasteiger partial charge in [0.05, 0.1) is 0 Å². The highest BCUT2D eigenvalue weighted by atomic mass is 32.2. The average molecular weight is 383 g/mol. The zero-order valence-corrected chi connectivity index (χ0v) is 15.3. The second kappa shape index (κ2) is 8.07. The average Bonchev–Trinajstić information content (AvgIpc) is 3.29. The van der Waals surface area contributed by atoms with Crippen LogP contribution in [0.1, 0.15) is 32.1 Å². The number of aromatic nitrogens is 3. The Labute approximate surface area is 150 Å². The van der Waals surface area contributed by atoms with Crippen LogP contribution in [0.25, 0.3) is 0 Å². The zero-order chi connectivity index (χ0) is 17.7. The molecule has 0 aliphatic heterocycles. The van der Waals surface area contributed by atoms with Crippen LogP contribution in [0, 0.1) is 0 Å². The summed E-state index contributed by atoms with van der Waals surface area (Å²) >= 11 is 1.20. The first-order valence-electron chi connectivity index (χ1n) is 8.20. The first kappa shape index (κ1) is 18.0. The fourth-order valence-electron chi connectivity index (χ4n) is 2.96. The minimum Gasteiger partial charge on any atom is -0.353 e. The van der Waals surface area contributed by atoms with Crippen LogP contribution in [-0.2, 0) is 21.4 Å². The summed E-state index contributed by atoms with van der Waals surface area (Å²) in [6.07, 6.45) is 6.34. The topological polar surface area (TPSA) is 106 Å². The van der Waals surface area contributed by atoms with Gasteiger partial charge in [-0.3, -0.25) is 9.48 Å². The van der Waals surface area contributed by atoms with Gasteiger partial charge in [0.1, 0.15) is 16.9 Å². The fourth-order valence-corrected chi connectivity index (χ4v) is 5.26. The minimum atomic E-state index is -3.45. The third-order valence-electron chi connectivity index (χ3n) is 4.14. The molecule has 0 bridgehead atoms. The molecule has 1 fully saturated rings. The summed E-state index contributed by atoms with van der Waals surface area (Å²) in [6.45, 7) is 0.654. The summed E-state index contributed by atoms with van der Waals surface area (Å²) in [7, 11) is -3.45. The number of thiophene rings is 1. The van der Waals surface area contributed by atoms with E-state index in [4.69, 9.17) is 0 Å². The largest absolute Gasteiger partial charge is 0.353 e. The second-order valence-electron chi connectivity index (χ2n) is 6.09. The number of carbonyl (C=O) groups excluding carboxylic acids is 1. The third-order valence-corrected chi connectivity index (χ3v) is 7.06. The lowest BCUT2D eigenvalue weighted by atomic mass is 10.2. The molecular weight excluding hydrogens is 362 g/mol. The highest BCUT2D eigenvalue weighted by Crippen LogP contribution is 2.23. The van der Waals surface area contributed by atoms with Crippen LogP contribution in [0.15, 0.2) is 34.4 Å². The number of rotatable bonds is 8. The van der Waals surface area contributed by atoms with E-state index in [-0.39, 0.29) is 18.0 Å². The lowest BCUT2D eigenvalue weighted by Gasteiger charge is -2.14. The molecule has 10 heteroatoms. The number of hydrogen-bond acceptors (Lipinski definition) is 6. The molecule has 0 unspecified atom stereocenters. The molecule has 2 aromatic rings. The van der Waals surface area contributed by atoms with E-state index in [2.05, 4.69) is 20.1 Å². The van der Waals surface area contributed by atoms with Crippen molar-refractivity contribution in [2.45, 2.75) is 54.9 Å². The van der Waals surface area contributed by atoms with E-state index in [0.29, 0.717) is 30.0 Å². The van der Waals surface area contributed by atoms with Crippen LogP contribution in [0.5, 0.6) is 0 Å².